The summed E-state index contributed by atoms with van der Waals surface area (Å²) in [5.41, 5.74) is 1.60. The lowest BCUT2D eigenvalue weighted by Crippen LogP contribution is -2.40. The van der Waals surface area contributed by atoms with Crippen molar-refractivity contribution in [3.05, 3.63) is 27.7 Å². The van der Waals surface area contributed by atoms with E-state index in [0.29, 0.717) is 37.4 Å². The largest absolute Gasteiger partial charge is 0.466 e. The summed E-state index contributed by atoms with van der Waals surface area (Å²) in [5, 5.41) is 0. The van der Waals surface area contributed by atoms with Crippen LogP contribution >= 0.6 is 15.9 Å². The van der Waals surface area contributed by atoms with Crippen molar-refractivity contribution in [1.29, 1.82) is 0 Å². The van der Waals surface area contributed by atoms with E-state index in [0.717, 1.165) is 15.6 Å². The fourth-order valence-electron chi connectivity index (χ4n) is 2.76. The highest BCUT2D eigenvalue weighted by Crippen LogP contribution is 2.29. The van der Waals surface area contributed by atoms with Gasteiger partial charge in [-0.1, -0.05) is 15.9 Å². The molecule has 0 unspecified atom stereocenters. The Morgan fingerprint density at radius 2 is 1.87 bits per heavy atom. The van der Waals surface area contributed by atoms with E-state index >= 15 is 0 Å². The van der Waals surface area contributed by atoms with E-state index in [1.54, 1.807) is 19.9 Å². The minimum Gasteiger partial charge on any atom is -0.466 e. The molecule has 0 radical (unpaired) electrons. The van der Waals surface area contributed by atoms with Crippen LogP contribution in [-0.2, 0) is 19.6 Å². The monoisotopic (exact) mass is 403 g/mol. The van der Waals surface area contributed by atoms with Gasteiger partial charge in [-0.3, -0.25) is 4.79 Å². The Morgan fingerprint density at radius 3 is 2.43 bits per heavy atom. The number of carbonyl (C=O) groups excluding carboxylic acids is 1. The molecule has 1 saturated heterocycles. The molecule has 1 aliphatic rings. The molecule has 0 aliphatic carbocycles. The molecule has 1 aliphatic heterocycles. The van der Waals surface area contributed by atoms with Crippen LogP contribution in [0.2, 0.25) is 0 Å². The number of hydrogen-bond acceptors (Lipinski definition) is 4. The minimum absolute atomic E-state index is 0.200. The first kappa shape index (κ1) is 18.4. The van der Waals surface area contributed by atoms with E-state index in [1.165, 1.54) is 4.31 Å². The van der Waals surface area contributed by atoms with Gasteiger partial charge in [0.15, 0.2) is 0 Å². The van der Waals surface area contributed by atoms with Crippen molar-refractivity contribution < 1.29 is 17.9 Å². The van der Waals surface area contributed by atoms with Gasteiger partial charge in [-0.15, -0.1) is 0 Å². The van der Waals surface area contributed by atoms with Gasteiger partial charge in [-0.25, -0.2) is 8.42 Å². The number of nitrogens with zero attached hydrogens (tertiary/aromatic N) is 1. The average Bonchev–Trinajstić information content (AvgIpc) is 2.51. The molecule has 0 atom stereocenters. The highest BCUT2D eigenvalue weighted by atomic mass is 79.9. The molecule has 0 N–H and O–H groups in total. The van der Waals surface area contributed by atoms with Crippen molar-refractivity contribution in [3.8, 4) is 0 Å². The van der Waals surface area contributed by atoms with Gasteiger partial charge in [0.25, 0.3) is 0 Å². The number of benzene rings is 1. The zero-order chi connectivity index (χ0) is 17.2. The first-order chi connectivity index (χ1) is 10.8. The van der Waals surface area contributed by atoms with Crippen LogP contribution < -0.4 is 0 Å². The number of piperidine rings is 1. The average molecular weight is 404 g/mol. The maximum atomic E-state index is 12.9. The van der Waals surface area contributed by atoms with E-state index in [2.05, 4.69) is 15.9 Å². The lowest BCUT2D eigenvalue weighted by molar-refractivity contribution is -0.149. The molecule has 128 valence electrons. The number of carbonyl (C=O) groups is 1. The fraction of sp³-hybridized carbons (Fsp3) is 0.562. The first-order valence-corrected chi connectivity index (χ1v) is 9.94. The maximum absolute atomic E-state index is 12.9. The number of esters is 1. The topological polar surface area (TPSA) is 63.7 Å². The highest BCUT2D eigenvalue weighted by molar-refractivity contribution is 9.10. The molecule has 0 aromatic heterocycles. The van der Waals surface area contributed by atoms with E-state index in [4.69, 9.17) is 4.74 Å². The Morgan fingerprint density at radius 1 is 1.26 bits per heavy atom. The minimum atomic E-state index is -3.53. The molecule has 23 heavy (non-hydrogen) atoms. The van der Waals surface area contributed by atoms with Crippen LogP contribution in [-0.4, -0.2) is 38.4 Å². The number of halogens is 1. The van der Waals surface area contributed by atoms with Crippen molar-refractivity contribution in [1.82, 2.24) is 4.31 Å². The number of sulfonamides is 1. The summed E-state index contributed by atoms with van der Waals surface area (Å²) in [7, 11) is -3.53. The second kappa shape index (κ2) is 7.32. The summed E-state index contributed by atoms with van der Waals surface area (Å²) in [6, 6.07) is 3.53. The van der Waals surface area contributed by atoms with E-state index < -0.39 is 10.0 Å². The van der Waals surface area contributed by atoms with Gasteiger partial charge in [-0.05, 0) is 56.9 Å². The van der Waals surface area contributed by atoms with Crippen molar-refractivity contribution in [3.63, 3.8) is 0 Å². The molecule has 5 nitrogen and oxygen atoms in total. The zero-order valence-electron chi connectivity index (χ0n) is 13.6. The molecule has 7 heteroatoms. The lowest BCUT2D eigenvalue weighted by atomic mass is 9.98. The predicted molar refractivity (Wildman–Crippen MR) is 91.7 cm³/mol. The Hall–Kier alpha value is -0.920. The second-order valence-electron chi connectivity index (χ2n) is 5.80. The smallest absolute Gasteiger partial charge is 0.309 e. The SMILES string of the molecule is CCOC(=O)C1CCN(S(=O)(=O)c2cc(C)c(Br)cc2C)CC1. The second-order valence-corrected chi connectivity index (χ2v) is 8.56. The van der Waals surface area contributed by atoms with E-state index in [-0.39, 0.29) is 11.9 Å². The van der Waals surface area contributed by atoms with Gasteiger partial charge in [0.2, 0.25) is 10.0 Å². The van der Waals surface area contributed by atoms with Crippen molar-refractivity contribution >= 4 is 31.9 Å². The van der Waals surface area contributed by atoms with Crippen LogP contribution in [0.4, 0.5) is 0 Å². The molecular formula is C16H22BrNO4S. The van der Waals surface area contributed by atoms with Crippen LogP contribution in [0, 0.1) is 19.8 Å². The van der Waals surface area contributed by atoms with Gasteiger partial charge < -0.3 is 4.74 Å². The number of ether oxygens (including phenoxy) is 1. The third-order valence-corrected chi connectivity index (χ3v) is 7.04. The van der Waals surface area contributed by atoms with Crippen LogP contribution in [0.25, 0.3) is 0 Å². The summed E-state index contributed by atoms with van der Waals surface area (Å²) in [4.78, 5) is 12.1. The molecule has 0 bridgehead atoms. The Kier molecular flexibility index (Phi) is 5.86. The Bertz CT molecular complexity index is 694. The molecular weight excluding hydrogens is 382 g/mol. The molecule has 0 spiro atoms. The summed E-state index contributed by atoms with van der Waals surface area (Å²) in [6.45, 7) is 6.49. The summed E-state index contributed by atoms with van der Waals surface area (Å²) in [5.74, 6) is -0.422. The van der Waals surface area contributed by atoms with Crippen LogP contribution in [0.15, 0.2) is 21.5 Å². The summed E-state index contributed by atoms with van der Waals surface area (Å²) >= 11 is 3.42. The summed E-state index contributed by atoms with van der Waals surface area (Å²) in [6.07, 6.45) is 1.01. The van der Waals surface area contributed by atoms with Crippen molar-refractivity contribution in [2.45, 2.75) is 38.5 Å². The molecule has 1 fully saturated rings. The van der Waals surface area contributed by atoms with Crippen molar-refractivity contribution in [2.24, 2.45) is 5.92 Å². The van der Waals surface area contributed by atoms with Crippen LogP contribution in [0.5, 0.6) is 0 Å². The van der Waals surface area contributed by atoms with E-state index in [1.807, 2.05) is 13.0 Å². The molecule has 2 rings (SSSR count). The maximum Gasteiger partial charge on any atom is 0.309 e. The quantitative estimate of drug-likeness (QED) is 0.724. The van der Waals surface area contributed by atoms with Crippen molar-refractivity contribution in [2.75, 3.05) is 19.7 Å². The number of hydrogen-bond donors (Lipinski definition) is 0. The number of aryl methyl sites for hydroxylation is 2. The molecule has 1 heterocycles. The van der Waals surface area contributed by atoms with E-state index in [9.17, 15) is 13.2 Å². The standard InChI is InChI=1S/C16H22BrNO4S/c1-4-22-16(19)13-5-7-18(8-6-13)23(20,21)15-10-11(2)14(17)9-12(15)3/h9-10,13H,4-8H2,1-3H3. The third kappa shape index (κ3) is 3.95. The lowest BCUT2D eigenvalue weighted by Gasteiger charge is -2.30. The van der Waals surface area contributed by atoms with Gasteiger partial charge in [-0.2, -0.15) is 4.31 Å². The normalized spacial score (nSPS) is 17.2. The van der Waals surface area contributed by atoms with Gasteiger partial charge in [0.05, 0.1) is 17.4 Å². The molecule has 1 aromatic carbocycles. The fourth-order valence-corrected chi connectivity index (χ4v) is 4.98. The molecule has 0 amide bonds. The summed E-state index contributed by atoms with van der Waals surface area (Å²) < 4.78 is 33.1. The number of rotatable bonds is 4. The molecule has 0 saturated carbocycles. The highest BCUT2D eigenvalue weighted by Gasteiger charge is 2.33. The first-order valence-electron chi connectivity index (χ1n) is 7.71. The Labute approximate surface area is 146 Å². The van der Waals surface area contributed by atoms with Gasteiger partial charge in [0.1, 0.15) is 0 Å². The third-order valence-electron chi connectivity index (χ3n) is 4.15. The van der Waals surface area contributed by atoms with Crippen LogP contribution in [0.3, 0.4) is 0 Å². The molecule has 1 aromatic rings. The van der Waals surface area contributed by atoms with Gasteiger partial charge in [0, 0.05) is 17.6 Å². The predicted octanol–water partition coefficient (Wildman–Crippen LogP) is 3.03. The van der Waals surface area contributed by atoms with Crippen LogP contribution in [0.1, 0.15) is 30.9 Å². The van der Waals surface area contributed by atoms with Gasteiger partial charge >= 0.3 is 5.97 Å². The zero-order valence-corrected chi connectivity index (χ0v) is 16.0. The Balaban J connectivity index is 2.17.